The van der Waals surface area contributed by atoms with Gasteiger partial charge in [0.25, 0.3) is 0 Å². The van der Waals surface area contributed by atoms with Crippen LogP contribution in [0.2, 0.25) is 5.15 Å². The number of imidazole rings is 1. The van der Waals surface area contributed by atoms with E-state index in [0.29, 0.717) is 17.1 Å². The third kappa shape index (κ3) is 5.15. The Morgan fingerprint density at radius 3 is 2.52 bits per heavy atom. The number of fused-ring (bicyclic) bond motifs is 1. The van der Waals surface area contributed by atoms with Gasteiger partial charge in [0.15, 0.2) is 10.8 Å². The molecular weight excluding hydrogens is 312 g/mol. The molecule has 0 bridgehead atoms. The van der Waals surface area contributed by atoms with E-state index in [9.17, 15) is 5.11 Å². The minimum atomic E-state index is 0.166. The summed E-state index contributed by atoms with van der Waals surface area (Å²) < 4.78 is 2.04. The summed E-state index contributed by atoms with van der Waals surface area (Å²) in [5.41, 5.74) is 1.39. The van der Waals surface area contributed by atoms with Crippen molar-refractivity contribution in [3.8, 4) is 0 Å². The van der Waals surface area contributed by atoms with Gasteiger partial charge in [0.1, 0.15) is 11.8 Å². The predicted molar refractivity (Wildman–Crippen MR) is 93.7 cm³/mol. The van der Waals surface area contributed by atoms with E-state index >= 15 is 0 Å². The lowest BCUT2D eigenvalue weighted by Crippen LogP contribution is -2.11. The van der Waals surface area contributed by atoms with E-state index in [1.54, 1.807) is 6.33 Å². The average molecular weight is 339 g/mol. The van der Waals surface area contributed by atoms with Crippen LogP contribution in [0.25, 0.3) is 11.2 Å². The summed E-state index contributed by atoms with van der Waals surface area (Å²) in [6, 6.07) is 0.214. The fourth-order valence-corrected chi connectivity index (χ4v) is 3.18. The van der Waals surface area contributed by atoms with Crippen molar-refractivity contribution in [2.45, 2.75) is 70.8 Å². The van der Waals surface area contributed by atoms with Gasteiger partial charge in [0.2, 0.25) is 0 Å². The molecule has 2 aromatic rings. The maximum atomic E-state index is 9.37. The van der Waals surface area contributed by atoms with E-state index in [4.69, 9.17) is 11.6 Å². The number of nitrogens with zero attached hydrogens (tertiary/aromatic N) is 4. The van der Waals surface area contributed by atoms with Crippen molar-refractivity contribution in [3.63, 3.8) is 0 Å². The number of aromatic nitrogens is 4. The van der Waals surface area contributed by atoms with Crippen molar-refractivity contribution >= 4 is 22.8 Å². The van der Waals surface area contributed by atoms with E-state index < -0.39 is 0 Å². The first-order chi connectivity index (χ1) is 11.3. The molecule has 5 nitrogen and oxygen atoms in total. The molecule has 0 aliphatic heterocycles. The molecule has 0 aliphatic carbocycles. The predicted octanol–water partition coefficient (Wildman–Crippen LogP) is 4.54. The zero-order chi connectivity index (χ0) is 16.5. The molecule has 0 saturated heterocycles. The van der Waals surface area contributed by atoms with Crippen molar-refractivity contribution in [2.75, 3.05) is 6.61 Å². The summed E-state index contributed by atoms with van der Waals surface area (Å²) in [4.78, 5) is 12.6. The molecule has 0 saturated carbocycles. The molecule has 0 aromatic carbocycles. The molecule has 1 atom stereocenters. The van der Waals surface area contributed by atoms with Gasteiger partial charge >= 0.3 is 0 Å². The van der Waals surface area contributed by atoms with Crippen molar-refractivity contribution in [3.05, 3.63) is 17.8 Å². The lowest BCUT2D eigenvalue weighted by molar-refractivity contribution is 0.251. The number of aliphatic hydroxyl groups excluding tert-OH is 1. The van der Waals surface area contributed by atoms with Gasteiger partial charge in [0, 0.05) is 12.6 Å². The van der Waals surface area contributed by atoms with E-state index in [1.807, 2.05) is 4.57 Å². The Morgan fingerprint density at radius 2 is 1.78 bits per heavy atom. The normalized spacial score (nSPS) is 12.8. The van der Waals surface area contributed by atoms with Crippen LogP contribution < -0.4 is 0 Å². The molecule has 6 heteroatoms. The number of hydrogen-bond donors (Lipinski definition) is 1. The molecule has 0 unspecified atom stereocenters. The smallest absolute Gasteiger partial charge is 0.165 e. The second kappa shape index (κ2) is 9.83. The van der Waals surface area contributed by atoms with Gasteiger partial charge < -0.3 is 9.67 Å². The van der Waals surface area contributed by atoms with E-state index in [-0.39, 0.29) is 12.6 Å². The van der Waals surface area contributed by atoms with Crippen LogP contribution >= 0.6 is 11.6 Å². The topological polar surface area (TPSA) is 63.8 Å². The first kappa shape index (κ1) is 18.1. The molecule has 0 radical (unpaired) electrons. The van der Waals surface area contributed by atoms with Crippen LogP contribution in [0.5, 0.6) is 0 Å². The van der Waals surface area contributed by atoms with Crippen LogP contribution in [0, 0.1) is 0 Å². The highest BCUT2D eigenvalue weighted by Gasteiger charge is 2.16. The number of rotatable bonds is 11. The molecular formula is C17H27ClN4O. The Morgan fingerprint density at radius 1 is 1.04 bits per heavy atom. The number of halogens is 1. The van der Waals surface area contributed by atoms with Crippen LogP contribution in [-0.2, 0) is 0 Å². The zero-order valence-corrected chi connectivity index (χ0v) is 14.7. The first-order valence-corrected chi connectivity index (χ1v) is 9.09. The highest BCUT2D eigenvalue weighted by atomic mass is 35.5. The van der Waals surface area contributed by atoms with Crippen molar-refractivity contribution in [1.82, 2.24) is 19.5 Å². The van der Waals surface area contributed by atoms with Crippen molar-refractivity contribution in [1.29, 1.82) is 0 Å². The van der Waals surface area contributed by atoms with Crippen LogP contribution in [0.3, 0.4) is 0 Å². The van der Waals surface area contributed by atoms with Gasteiger partial charge in [-0.3, -0.25) is 0 Å². The van der Waals surface area contributed by atoms with Crippen molar-refractivity contribution in [2.24, 2.45) is 0 Å². The van der Waals surface area contributed by atoms with Crippen LogP contribution in [-0.4, -0.2) is 31.2 Å². The molecule has 2 rings (SSSR count). The SMILES string of the molecule is CCCCCCCCC[C@@H](CCO)n1cnc2c(Cl)ncnc21. The maximum Gasteiger partial charge on any atom is 0.165 e. The third-order valence-electron chi connectivity index (χ3n) is 4.31. The summed E-state index contributed by atoms with van der Waals surface area (Å²) >= 11 is 6.06. The van der Waals surface area contributed by atoms with E-state index in [0.717, 1.165) is 18.5 Å². The lowest BCUT2D eigenvalue weighted by Gasteiger charge is -2.18. The minimum Gasteiger partial charge on any atom is -0.396 e. The van der Waals surface area contributed by atoms with Gasteiger partial charge in [-0.2, -0.15) is 0 Å². The van der Waals surface area contributed by atoms with Gasteiger partial charge in [-0.25, -0.2) is 15.0 Å². The third-order valence-corrected chi connectivity index (χ3v) is 4.59. The minimum absolute atomic E-state index is 0.166. The Hall–Kier alpha value is -1.20. The quantitative estimate of drug-likeness (QED) is 0.482. The lowest BCUT2D eigenvalue weighted by atomic mass is 10.0. The highest BCUT2D eigenvalue weighted by molar-refractivity contribution is 6.33. The molecule has 128 valence electrons. The van der Waals surface area contributed by atoms with Gasteiger partial charge in [0.05, 0.1) is 6.33 Å². The molecule has 2 heterocycles. The van der Waals surface area contributed by atoms with Gasteiger partial charge in [-0.15, -0.1) is 0 Å². The standard InChI is InChI=1S/C17H27ClN4O/c1-2-3-4-5-6-7-8-9-14(10-11-23)22-13-21-15-16(18)19-12-20-17(15)22/h12-14,23H,2-11H2,1H3/t14-/m0/s1. The summed E-state index contributed by atoms with van der Waals surface area (Å²) in [6.45, 7) is 2.41. The Bertz CT molecular complexity index is 587. The second-order valence-electron chi connectivity index (χ2n) is 6.06. The maximum absolute atomic E-state index is 9.37. The zero-order valence-electron chi connectivity index (χ0n) is 13.9. The summed E-state index contributed by atoms with van der Waals surface area (Å²) in [7, 11) is 0. The monoisotopic (exact) mass is 338 g/mol. The van der Waals surface area contributed by atoms with Crippen LogP contribution in [0.4, 0.5) is 0 Å². The Kier molecular flexibility index (Phi) is 7.76. The van der Waals surface area contributed by atoms with Gasteiger partial charge in [-0.05, 0) is 12.8 Å². The number of hydrogen-bond acceptors (Lipinski definition) is 4. The average Bonchev–Trinajstić information content (AvgIpc) is 2.98. The van der Waals surface area contributed by atoms with E-state index in [2.05, 4.69) is 21.9 Å². The van der Waals surface area contributed by atoms with Gasteiger partial charge in [-0.1, -0.05) is 63.5 Å². The Labute approximate surface area is 143 Å². The largest absolute Gasteiger partial charge is 0.396 e. The summed E-state index contributed by atoms with van der Waals surface area (Å²) in [5, 5.41) is 9.75. The summed E-state index contributed by atoms with van der Waals surface area (Å²) in [6.07, 6.45) is 14.0. The molecule has 0 fully saturated rings. The fraction of sp³-hybridized carbons (Fsp3) is 0.706. The second-order valence-corrected chi connectivity index (χ2v) is 6.42. The van der Waals surface area contributed by atoms with Crippen molar-refractivity contribution < 1.29 is 5.11 Å². The fourth-order valence-electron chi connectivity index (χ4n) is 3.00. The molecule has 0 spiro atoms. The van der Waals surface area contributed by atoms with Crippen LogP contribution in [0.1, 0.15) is 70.8 Å². The molecule has 23 heavy (non-hydrogen) atoms. The highest BCUT2D eigenvalue weighted by Crippen LogP contribution is 2.26. The molecule has 1 N–H and O–H groups in total. The molecule has 0 aliphatic rings. The molecule has 0 amide bonds. The Balaban J connectivity index is 1.91. The number of unbranched alkanes of at least 4 members (excludes halogenated alkanes) is 6. The van der Waals surface area contributed by atoms with E-state index in [1.165, 1.54) is 44.9 Å². The molecule has 2 aromatic heterocycles. The first-order valence-electron chi connectivity index (χ1n) is 8.71. The summed E-state index contributed by atoms with van der Waals surface area (Å²) in [5.74, 6) is 0. The number of aliphatic hydroxyl groups is 1. The van der Waals surface area contributed by atoms with Crippen LogP contribution in [0.15, 0.2) is 12.7 Å².